The number of ether oxygens (including phenoxy) is 1. The number of amides is 1. The average molecular weight is 292 g/mol. The van der Waals surface area contributed by atoms with Gasteiger partial charge in [0.25, 0.3) is 0 Å². The zero-order chi connectivity index (χ0) is 15.1. The predicted octanol–water partition coefficient (Wildman–Crippen LogP) is 0.763. The second kappa shape index (κ2) is 8.12. The van der Waals surface area contributed by atoms with Crippen LogP contribution in [0.3, 0.4) is 0 Å². The first-order valence-electron chi connectivity index (χ1n) is 7.38. The van der Waals surface area contributed by atoms with Gasteiger partial charge in [0.2, 0.25) is 5.91 Å². The van der Waals surface area contributed by atoms with Gasteiger partial charge in [-0.2, -0.15) is 0 Å². The highest BCUT2D eigenvalue weighted by molar-refractivity contribution is 5.78. The van der Waals surface area contributed by atoms with Crippen LogP contribution >= 0.6 is 0 Å². The van der Waals surface area contributed by atoms with Gasteiger partial charge in [-0.1, -0.05) is 24.3 Å². The molecule has 0 aliphatic carbocycles. The molecule has 0 bridgehead atoms. The van der Waals surface area contributed by atoms with Gasteiger partial charge in [-0.3, -0.25) is 9.69 Å². The molecular weight excluding hydrogens is 268 g/mol. The summed E-state index contributed by atoms with van der Waals surface area (Å²) >= 11 is 0. The fourth-order valence-corrected chi connectivity index (χ4v) is 2.66. The number of carbonyl (C=O) groups is 1. The molecule has 1 aliphatic rings. The molecule has 116 valence electrons. The minimum absolute atomic E-state index is 0.0331. The van der Waals surface area contributed by atoms with E-state index in [4.69, 9.17) is 9.84 Å². The van der Waals surface area contributed by atoms with E-state index in [9.17, 15) is 4.79 Å². The van der Waals surface area contributed by atoms with Crippen LogP contribution in [0.5, 0.6) is 0 Å². The highest BCUT2D eigenvalue weighted by atomic mass is 16.5. The summed E-state index contributed by atoms with van der Waals surface area (Å²) in [4.78, 5) is 14.0. The van der Waals surface area contributed by atoms with Gasteiger partial charge in [0.1, 0.15) is 0 Å². The monoisotopic (exact) mass is 292 g/mol. The summed E-state index contributed by atoms with van der Waals surface area (Å²) in [7, 11) is 1.67. The fraction of sp³-hybridized carbons (Fsp3) is 0.562. The number of aliphatic hydroxyl groups excluding tert-OH is 1. The van der Waals surface area contributed by atoms with Gasteiger partial charge in [-0.15, -0.1) is 0 Å². The number of aliphatic hydroxyl groups is 1. The van der Waals surface area contributed by atoms with E-state index >= 15 is 0 Å². The van der Waals surface area contributed by atoms with E-state index in [0.29, 0.717) is 25.6 Å². The predicted molar refractivity (Wildman–Crippen MR) is 80.6 cm³/mol. The third-order valence-corrected chi connectivity index (χ3v) is 3.79. The lowest BCUT2D eigenvalue weighted by Gasteiger charge is -2.15. The van der Waals surface area contributed by atoms with Crippen LogP contribution in [0.25, 0.3) is 0 Å². The van der Waals surface area contributed by atoms with Crippen molar-refractivity contribution in [2.45, 2.75) is 19.6 Å². The zero-order valence-corrected chi connectivity index (χ0v) is 12.5. The molecule has 1 heterocycles. The van der Waals surface area contributed by atoms with Crippen LogP contribution in [-0.4, -0.2) is 49.3 Å². The number of methoxy groups -OCH3 is 1. The van der Waals surface area contributed by atoms with Gasteiger partial charge in [-0.25, -0.2) is 0 Å². The summed E-state index contributed by atoms with van der Waals surface area (Å²) in [6.07, 6.45) is 0.975. The van der Waals surface area contributed by atoms with Crippen molar-refractivity contribution in [1.29, 1.82) is 0 Å². The molecule has 2 rings (SSSR count). The van der Waals surface area contributed by atoms with Crippen molar-refractivity contribution < 1.29 is 14.6 Å². The van der Waals surface area contributed by atoms with Crippen LogP contribution in [0.15, 0.2) is 24.3 Å². The van der Waals surface area contributed by atoms with Gasteiger partial charge in [0, 0.05) is 26.8 Å². The third kappa shape index (κ3) is 5.12. The summed E-state index contributed by atoms with van der Waals surface area (Å²) in [6, 6.07) is 8.02. The number of hydrogen-bond acceptors (Lipinski definition) is 4. The Balaban J connectivity index is 1.75. The Kier molecular flexibility index (Phi) is 6.17. The Hall–Kier alpha value is -1.43. The van der Waals surface area contributed by atoms with Crippen LogP contribution in [0.2, 0.25) is 0 Å². The number of likely N-dealkylation sites (tertiary alicyclic amines) is 1. The SMILES string of the molecule is COCc1cccc(CNC(=O)CN2CCC(CO)C2)c1. The molecule has 5 nitrogen and oxygen atoms in total. The highest BCUT2D eigenvalue weighted by Crippen LogP contribution is 2.14. The second-order valence-electron chi connectivity index (χ2n) is 5.60. The number of nitrogens with zero attached hydrogens (tertiary/aromatic N) is 1. The lowest BCUT2D eigenvalue weighted by atomic mass is 10.1. The molecule has 1 aromatic rings. The van der Waals surface area contributed by atoms with Gasteiger partial charge in [-0.05, 0) is 30.0 Å². The number of rotatable bonds is 7. The Labute approximate surface area is 125 Å². The Morgan fingerprint density at radius 3 is 3.00 bits per heavy atom. The third-order valence-electron chi connectivity index (χ3n) is 3.79. The zero-order valence-electron chi connectivity index (χ0n) is 12.5. The van der Waals surface area contributed by atoms with E-state index in [0.717, 1.165) is 30.6 Å². The van der Waals surface area contributed by atoms with Crippen molar-refractivity contribution in [1.82, 2.24) is 10.2 Å². The van der Waals surface area contributed by atoms with Crippen molar-refractivity contribution in [2.24, 2.45) is 5.92 Å². The van der Waals surface area contributed by atoms with Gasteiger partial charge in [0.05, 0.1) is 13.2 Å². The molecule has 21 heavy (non-hydrogen) atoms. The summed E-state index contributed by atoms with van der Waals surface area (Å²) in [5.74, 6) is 0.356. The van der Waals surface area contributed by atoms with E-state index < -0.39 is 0 Å². The molecule has 2 N–H and O–H groups in total. The van der Waals surface area contributed by atoms with Crippen LogP contribution in [-0.2, 0) is 22.7 Å². The molecule has 0 radical (unpaired) electrons. The molecule has 0 spiro atoms. The molecule has 1 fully saturated rings. The molecule has 1 aromatic carbocycles. The van der Waals surface area contributed by atoms with Gasteiger partial charge < -0.3 is 15.2 Å². The minimum Gasteiger partial charge on any atom is -0.396 e. The molecule has 1 unspecified atom stereocenters. The summed E-state index contributed by atoms with van der Waals surface area (Å²) in [5, 5.41) is 12.0. The second-order valence-corrected chi connectivity index (χ2v) is 5.60. The first-order valence-corrected chi connectivity index (χ1v) is 7.38. The smallest absolute Gasteiger partial charge is 0.234 e. The van der Waals surface area contributed by atoms with E-state index in [1.807, 2.05) is 24.3 Å². The van der Waals surface area contributed by atoms with Crippen LogP contribution < -0.4 is 5.32 Å². The van der Waals surface area contributed by atoms with Gasteiger partial charge in [0.15, 0.2) is 0 Å². The van der Waals surface area contributed by atoms with E-state index in [1.54, 1.807) is 7.11 Å². The van der Waals surface area contributed by atoms with Crippen molar-refractivity contribution in [3.05, 3.63) is 35.4 Å². The van der Waals surface area contributed by atoms with Crippen molar-refractivity contribution >= 4 is 5.91 Å². The van der Waals surface area contributed by atoms with E-state index in [-0.39, 0.29) is 12.5 Å². The number of hydrogen-bond donors (Lipinski definition) is 2. The summed E-state index contributed by atoms with van der Waals surface area (Å²) < 4.78 is 5.10. The van der Waals surface area contributed by atoms with Crippen molar-refractivity contribution in [3.63, 3.8) is 0 Å². The quantitative estimate of drug-likeness (QED) is 0.779. The fourth-order valence-electron chi connectivity index (χ4n) is 2.66. The molecule has 1 atom stereocenters. The first kappa shape index (κ1) is 15.9. The Morgan fingerprint density at radius 2 is 2.29 bits per heavy atom. The van der Waals surface area contributed by atoms with Crippen molar-refractivity contribution in [3.8, 4) is 0 Å². The molecular formula is C16H24N2O3. The maximum absolute atomic E-state index is 11.9. The average Bonchev–Trinajstić information content (AvgIpc) is 2.93. The molecule has 0 aromatic heterocycles. The Bertz CT molecular complexity index is 465. The Morgan fingerprint density at radius 1 is 1.48 bits per heavy atom. The largest absolute Gasteiger partial charge is 0.396 e. The van der Waals surface area contributed by atoms with Crippen LogP contribution in [0.1, 0.15) is 17.5 Å². The lowest BCUT2D eigenvalue weighted by Crippen LogP contribution is -2.36. The topological polar surface area (TPSA) is 61.8 Å². The van der Waals surface area contributed by atoms with Gasteiger partial charge >= 0.3 is 0 Å². The molecule has 1 amide bonds. The van der Waals surface area contributed by atoms with Crippen molar-refractivity contribution in [2.75, 3.05) is 33.4 Å². The van der Waals surface area contributed by atoms with E-state index in [1.165, 1.54) is 0 Å². The molecule has 5 heteroatoms. The summed E-state index contributed by atoms with van der Waals surface area (Å²) in [5.41, 5.74) is 2.18. The molecule has 1 aliphatic heterocycles. The number of nitrogens with one attached hydrogen (secondary N) is 1. The highest BCUT2D eigenvalue weighted by Gasteiger charge is 2.23. The number of carbonyl (C=O) groups excluding carboxylic acids is 1. The first-order chi connectivity index (χ1) is 10.2. The normalized spacial score (nSPS) is 18.9. The maximum Gasteiger partial charge on any atom is 0.234 e. The summed E-state index contributed by atoms with van der Waals surface area (Å²) in [6.45, 7) is 3.44. The van der Waals surface area contributed by atoms with E-state index in [2.05, 4.69) is 10.2 Å². The maximum atomic E-state index is 11.9. The van der Waals surface area contributed by atoms with Crippen LogP contribution in [0, 0.1) is 5.92 Å². The standard InChI is InChI=1S/C16H24N2O3/c1-21-12-14-4-2-3-13(7-14)8-17-16(20)10-18-6-5-15(9-18)11-19/h2-4,7,15,19H,5-6,8-12H2,1H3,(H,17,20). The number of benzene rings is 1. The molecule has 0 saturated carbocycles. The minimum atomic E-state index is 0.0331. The van der Waals surface area contributed by atoms with Crippen LogP contribution in [0.4, 0.5) is 0 Å². The lowest BCUT2D eigenvalue weighted by molar-refractivity contribution is -0.122. The molecule has 1 saturated heterocycles.